The predicted molar refractivity (Wildman–Crippen MR) is 44.8 cm³/mol. The van der Waals surface area contributed by atoms with Crippen LogP contribution in [0.25, 0.3) is 0 Å². The van der Waals surface area contributed by atoms with Gasteiger partial charge in [0.15, 0.2) is 23.3 Å². The summed E-state index contributed by atoms with van der Waals surface area (Å²) in [7, 11) is -1.89. The molecule has 1 rings (SSSR count). The van der Waals surface area contributed by atoms with Gasteiger partial charge in [0, 0.05) is 11.3 Å². The van der Waals surface area contributed by atoms with Crippen molar-refractivity contribution < 1.29 is 17.6 Å². The molecule has 0 amide bonds. The van der Waals surface area contributed by atoms with Crippen LogP contribution in [0.4, 0.5) is 17.6 Å². The van der Waals surface area contributed by atoms with Crippen molar-refractivity contribution in [3.05, 3.63) is 29.3 Å². The third-order valence-corrected chi connectivity index (χ3v) is 3.38. The van der Waals surface area contributed by atoms with Gasteiger partial charge in [-0.1, -0.05) is 13.1 Å². The number of halogens is 4. The zero-order valence-corrected chi connectivity index (χ0v) is 8.32. The predicted octanol–water partition coefficient (Wildman–Crippen LogP) is 1.94. The Bertz CT molecular complexity index is 309. The molecule has 72 valence electrons. The second-order valence-electron chi connectivity index (χ2n) is 3.04. The Morgan fingerprint density at radius 2 is 1.31 bits per heavy atom. The summed E-state index contributed by atoms with van der Waals surface area (Å²) in [6.07, 6.45) is 0. The molecule has 0 aromatic heterocycles. The van der Waals surface area contributed by atoms with Crippen LogP contribution < -0.4 is 5.19 Å². The molecule has 0 heterocycles. The van der Waals surface area contributed by atoms with E-state index in [1.54, 1.807) is 13.1 Å². The maximum absolute atomic E-state index is 12.9. The maximum Gasteiger partial charge on any atom is 0.161 e. The van der Waals surface area contributed by atoms with Crippen molar-refractivity contribution in [2.75, 3.05) is 0 Å². The molecule has 0 spiro atoms. The summed E-state index contributed by atoms with van der Waals surface area (Å²) in [6.45, 7) is 3.20. The lowest BCUT2D eigenvalue weighted by Gasteiger charge is -2.08. The summed E-state index contributed by atoms with van der Waals surface area (Å²) in [6, 6.07) is 0.227. The Morgan fingerprint density at radius 3 is 1.62 bits per heavy atom. The van der Waals surface area contributed by atoms with Crippen LogP contribution in [0.15, 0.2) is 6.07 Å². The van der Waals surface area contributed by atoms with Gasteiger partial charge in [-0.15, -0.1) is 0 Å². The van der Waals surface area contributed by atoms with E-state index in [2.05, 4.69) is 0 Å². The summed E-state index contributed by atoms with van der Waals surface area (Å²) >= 11 is 0. The van der Waals surface area contributed by atoms with Gasteiger partial charge in [-0.2, -0.15) is 0 Å². The van der Waals surface area contributed by atoms with Gasteiger partial charge in [0.1, 0.15) is 0 Å². The largest absolute Gasteiger partial charge is 0.204 e. The zero-order chi connectivity index (χ0) is 10.2. The second kappa shape index (κ2) is 3.49. The molecule has 0 bridgehead atoms. The summed E-state index contributed by atoms with van der Waals surface area (Å²) in [5.41, 5.74) is 0. The first-order valence-electron chi connectivity index (χ1n) is 3.78. The van der Waals surface area contributed by atoms with Gasteiger partial charge in [0.25, 0.3) is 0 Å². The highest BCUT2D eigenvalue weighted by Gasteiger charge is 2.21. The molecule has 13 heavy (non-hydrogen) atoms. The monoisotopic (exact) mass is 208 g/mol. The van der Waals surface area contributed by atoms with E-state index in [4.69, 9.17) is 0 Å². The minimum Gasteiger partial charge on any atom is -0.204 e. The highest BCUT2D eigenvalue weighted by Crippen LogP contribution is 2.11. The standard InChI is InChI=1S/C8H8F4Si/c1-13(2)8-6(11)4(9)3-5(10)7(8)12/h3,13H,1-2H3. The summed E-state index contributed by atoms with van der Waals surface area (Å²) in [5, 5.41) is -0.405. The molecule has 0 unspecified atom stereocenters. The molecule has 0 saturated carbocycles. The molecule has 0 aliphatic carbocycles. The van der Waals surface area contributed by atoms with E-state index >= 15 is 0 Å². The molecule has 0 N–H and O–H groups in total. The molecule has 0 nitrogen and oxygen atoms in total. The molecule has 1 aromatic rings. The quantitative estimate of drug-likeness (QED) is 0.376. The van der Waals surface area contributed by atoms with Crippen molar-refractivity contribution in [1.29, 1.82) is 0 Å². The van der Waals surface area contributed by atoms with E-state index in [9.17, 15) is 17.6 Å². The maximum atomic E-state index is 12.9. The molecule has 0 radical (unpaired) electrons. The van der Waals surface area contributed by atoms with Crippen molar-refractivity contribution >= 4 is 14.0 Å². The molecule has 5 heteroatoms. The molecular weight excluding hydrogens is 200 g/mol. The fraction of sp³-hybridized carbons (Fsp3) is 0.250. The van der Waals surface area contributed by atoms with Gasteiger partial charge in [-0.05, 0) is 0 Å². The zero-order valence-electron chi connectivity index (χ0n) is 7.17. The van der Waals surface area contributed by atoms with E-state index in [1.165, 1.54) is 0 Å². The van der Waals surface area contributed by atoms with Crippen molar-refractivity contribution in [3.63, 3.8) is 0 Å². The van der Waals surface area contributed by atoms with Crippen LogP contribution in [0, 0.1) is 23.3 Å². The van der Waals surface area contributed by atoms with E-state index < -0.39 is 37.3 Å². The van der Waals surface area contributed by atoms with Crippen molar-refractivity contribution in [3.8, 4) is 0 Å². The number of rotatable bonds is 1. The van der Waals surface area contributed by atoms with Crippen LogP contribution in [0.5, 0.6) is 0 Å². The van der Waals surface area contributed by atoms with Gasteiger partial charge in [-0.25, -0.2) is 17.6 Å². The summed E-state index contributed by atoms with van der Waals surface area (Å²) in [5.74, 6) is -5.15. The average molecular weight is 208 g/mol. The van der Waals surface area contributed by atoms with Gasteiger partial charge in [0.2, 0.25) is 0 Å². The van der Waals surface area contributed by atoms with Crippen LogP contribution in [0.3, 0.4) is 0 Å². The SMILES string of the molecule is C[SiH](C)c1c(F)c(F)cc(F)c1F. The smallest absolute Gasteiger partial charge is 0.161 e. The lowest BCUT2D eigenvalue weighted by atomic mass is 10.3. The van der Waals surface area contributed by atoms with Crippen LogP contribution in [0.1, 0.15) is 0 Å². The topological polar surface area (TPSA) is 0 Å². The Labute approximate surface area is 74.8 Å². The minimum atomic E-state index is -1.89. The minimum absolute atomic E-state index is 0.227. The molecule has 0 atom stereocenters. The third-order valence-electron chi connectivity index (χ3n) is 1.72. The van der Waals surface area contributed by atoms with Crippen molar-refractivity contribution in [2.45, 2.75) is 13.1 Å². The second-order valence-corrected chi connectivity index (χ2v) is 5.92. The highest BCUT2D eigenvalue weighted by atomic mass is 28.3. The van der Waals surface area contributed by atoms with E-state index in [0.29, 0.717) is 0 Å². The Hall–Kier alpha value is -0.843. The number of hydrogen-bond acceptors (Lipinski definition) is 0. The molecule has 0 fully saturated rings. The number of hydrogen-bond donors (Lipinski definition) is 0. The van der Waals surface area contributed by atoms with Gasteiger partial charge in [0.05, 0.1) is 8.80 Å². The number of benzene rings is 1. The average Bonchev–Trinajstić information content (AvgIpc) is 2.01. The Morgan fingerprint density at radius 1 is 0.923 bits per heavy atom. The molecule has 0 aliphatic rings. The molecule has 0 aliphatic heterocycles. The fourth-order valence-corrected chi connectivity index (χ4v) is 2.39. The molecular formula is C8H8F4Si. The highest BCUT2D eigenvalue weighted by molar-refractivity contribution is 6.70. The van der Waals surface area contributed by atoms with Crippen LogP contribution >= 0.6 is 0 Å². The Kier molecular flexibility index (Phi) is 2.75. The first-order valence-corrected chi connectivity index (χ1v) is 6.66. The first kappa shape index (κ1) is 10.2. The lowest BCUT2D eigenvalue weighted by molar-refractivity contribution is 0.463. The van der Waals surface area contributed by atoms with E-state index in [0.717, 1.165) is 0 Å². The van der Waals surface area contributed by atoms with Crippen molar-refractivity contribution in [1.82, 2.24) is 0 Å². The Balaban J connectivity index is 3.46. The van der Waals surface area contributed by atoms with Crippen LogP contribution in [0.2, 0.25) is 13.1 Å². The van der Waals surface area contributed by atoms with Gasteiger partial charge in [-0.3, -0.25) is 0 Å². The fourth-order valence-electron chi connectivity index (χ4n) is 1.10. The van der Waals surface area contributed by atoms with Crippen molar-refractivity contribution in [2.24, 2.45) is 0 Å². The van der Waals surface area contributed by atoms with E-state index in [1.807, 2.05) is 0 Å². The normalized spacial score (nSPS) is 11.0. The van der Waals surface area contributed by atoms with Crippen LogP contribution in [-0.2, 0) is 0 Å². The van der Waals surface area contributed by atoms with Gasteiger partial charge >= 0.3 is 0 Å². The molecule has 1 aromatic carbocycles. The molecule has 0 saturated heterocycles. The third kappa shape index (κ3) is 1.74. The first-order chi connectivity index (χ1) is 5.95. The lowest BCUT2D eigenvalue weighted by Crippen LogP contribution is -2.32. The van der Waals surface area contributed by atoms with Gasteiger partial charge < -0.3 is 0 Å². The van der Waals surface area contributed by atoms with Crippen LogP contribution in [-0.4, -0.2) is 8.80 Å². The summed E-state index contributed by atoms with van der Waals surface area (Å²) < 4.78 is 51.1. The van der Waals surface area contributed by atoms with E-state index in [-0.39, 0.29) is 6.07 Å². The summed E-state index contributed by atoms with van der Waals surface area (Å²) in [4.78, 5) is 0.